The van der Waals surface area contributed by atoms with E-state index in [4.69, 9.17) is 0 Å². The second-order valence-corrected chi connectivity index (χ2v) is 9.79. The lowest BCUT2D eigenvalue weighted by Crippen LogP contribution is -2.07. The van der Waals surface area contributed by atoms with Crippen molar-refractivity contribution < 1.29 is 13.2 Å². The molecular formula is C32H35F3. The predicted octanol–water partition coefficient (Wildman–Crippen LogP) is 9.49. The highest BCUT2D eigenvalue weighted by Crippen LogP contribution is 2.34. The number of hydrogen-bond acceptors (Lipinski definition) is 0. The number of hydrogen-bond donors (Lipinski definition) is 0. The fourth-order valence-electron chi connectivity index (χ4n) is 4.99. The highest BCUT2D eigenvalue weighted by atomic mass is 19.2. The van der Waals surface area contributed by atoms with Crippen LogP contribution in [0.4, 0.5) is 13.2 Å². The minimum Gasteiger partial charge on any atom is -0.206 e. The van der Waals surface area contributed by atoms with E-state index in [0.29, 0.717) is 35.4 Å². The van der Waals surface area contributed by atoms with Crippen LogP contribution in [0.1, 0.15) is 74.6 Å². The molecular weight excluding hydrogens is 441 g/mol. The summed E-state index contributed by atoms with van der Waals surface area (Å²) >= 11 is 0. The van der Waals surface area contributed by atoms with E-state index in [1.165, 1.54) is 0 Å². The van der Waals surface area contributed by atoms with Gasteiger partial charge in [0.2, 0.25) is 0 Å². The number of allylic oxidation sites excluding steroid dienone is 2. The molecule has 0 saturated heterocycles. The van der Waals surface area contributed by atoms with Crippen LogP contribution >= 0.6 is 0 Å². The van der Waals surface area contributed by atoms with Crippen LogP contribution < -0.4 is 0 Å². The molecule has 0 amide bonds. The molecule has 0 spiro atoms. The second-order valence-electron chi connectivity index (χ2n) is 9.79. The van der Waals surface area contributed by atoms with Gasteiger partial charge < -0.3 is 0 Å². The van der Waals surface area contributed by atoms with Gasteiger partial charge in [-0.15, -0.1) is 0 Å². The first-order valence-electron chi connectivity index (χ1n) is 13.0. The van der Waals surface area contributed by atoms with E-state index in [0.717, 1.165) is 67.2 Å². The van der Waals surface area contributed by atoms with Crippen LogP contribution in [0, 0.1) is 23.4 Å². The van der Waals surface area contributed by atoms with Gasteiger partial charge in [-0.2, -0.15) is 0 Å². The fourth-order valence-corrected chi connectivity index (χ4v) is 4.99. The molecule has 0 N–H and O–H groups in total. The van der Waals surface area contributed by atoms with Gasteiger partial charge in [-0.3, -0.25) is 0 Å². The third-order valence-electron chi connectivity index (χ3n) is 7.41. The van der Waals surface area contributed by atoms with Crippen molar-refractivity contribution >= 4 is 5.57 Å². The van der Waals surface area contributed by atoms with Crippen LogP contribution in [0.5, 0.6) is 0 Å². The summed E-state index contributed by atoms with van der Waals surface area (Å²) in [7, 11) is 0. The van der Waals surface area contributed by atoms with Crippen molar-refractivity contribution in [2.24, 2.45) is 5.92 Å². The Labute approximate surface area is 207 Å². The first-order chi connectivity index (χ1) is 17.0. The Hall–Kier alpha value is -2.81. The topological polar surface area (TPSA) is 0 Å². The van der Waals surface area contributed by atoms with Gasteiger partial charge in [-0.1, -0.05) is 81.3 Å². The van der Waals surface area contributed by atoms with Gasteiger partial charge in [0.15, 0.2) is 11.6 Å². The molecule has 184 valence electrons. The van der Waals surface area contributed by atoms with Crippen molar-refractivity contribution in [1.82, 2.24) is 0 Å². The van der Waals surface area contributed by atoms with Crippen molar-refractivity contribution in [1.29, 1.82) is 0 Å². The Kier molecular flexibility index (Phi) is 8.49. The molecule has 0 heterocycles. The maximum atomic E-state index is 14.9. The van der Waals surface area contributed by atoms with Gasteiger partial charge in [0.25, 0.3) is 0 Å². The second kappa shape index (κ2) is 11.7. The smallest absolute Gasteiger partial charge is 0.166 e. The summed E-state index contributed by atoms with van der Waals surface area (Å²) in [6, 6.07) is 16.6. The summed E-state index contributed by atoms with van der Waals surface area (Å²) in [6.45, 7) is 4.30. The molecule has 3 aromatic carbocycles. The number of benzene rings is 3. The molecule has 0 saturated carbocycles. The van der Waals surface area contributed by atoms with E-state index < -0.39 is 11.6 Å². The summed E-state index contributed by atoms with van der Waals surface area (Å²) in [4.78, 5) is 0. The van der Waals surface area contributed by atoms with Crippen molar-refractivity contribution in [3.63, 3.8) is 0 Å². The zero-order chi connectivity index (χ0) is 24.8. The fraction of sp³-hybridized carbons (Fsp3) is 0.375. The lowest BCUT2D eigenvalue weighted by Gasteiger charge is -2.21. The Bertz CT molecular complexity index is 1170. The number of rotatable bonds is 9. The molecule has 3 heteroatoms. The predicted molar refractivity (Wildman–Crippen MR) is 140 cm³/mol. The molecule has 0 aliphatic heterocycles. The van der Waals surface area contributed by atoms with E-state index in [9.17, 15) is 13.2 Å². The summed E-state index contributed by atoms with van der Waals surface area (Å²) in [5.41, 5.74) is 5.18. The largest absolute Gasteiger partial charge is 0.206 e. The van der Waals surface area contributed by atoms with Crippen molar-refractivity contribution in [2.75, 3.05) is 0 Å². The van der Waals surface area contributed by atoms with Crippen LogP contribution in [-0.4, -0.2) is 0 Å². The molecule has 1 unspecified atom stereocenters. The zero-order valence-corrected chi connectivity index (χ0v) is 20.8. The van der Waals surface area contributed by atoms with Crippen molar-refractivity contribution in [3.8, 4) is 11.1 Å². The zero-order valence-electron chi connectivity index (χ0n) is 20.8. The molecule has 3 aromatic rings. The highest BCUT2D eigenvalue weighted by Gasteiger charge is 2.20. The third kappa shape index (κ3) is 6.07. The first-order valence-corrected chi connectivity index (χ1v) is 13.0. The standard InChI is InChI=1S/C32H35F3/c1-3-5-6-24-12-19-28(30(33)21-24)25-15-9-23(10-16-25)11-17-27-18-20-29(32(35)31(27)34)26-13-7-22(4-2)8-14-26/h9-10,12-13,15-16,18-22H,3-8,11,14,17H2,1-2H3. The van der Waals surface area contributed by atoms with Gasteiger partial charge in [0, 0.05) is 11.1 Å². The normalized spacial score (nSPS) is 15.8. The number of unbranched alkanes of at least 4 members (excludes halogenated alkanes) is 1. The van der Waals surface area contributed by atoms with E-state index in [-0.39, 0.29) is 5.82 Å². The Morgan fingerprint density at radius 2 is 1.51 bits per heavy atom. The quantitative estimate of drug-likeness (QED) is 0.288. The van der Waals surface area contributed by atoms with E-state index in [1.807, 2.05) is 36.4 Å². The number of aryl methyl sites for hydroxylation is 3. The third-order valence-corrected chi connectivity index (χ3v) is 7.41. The molecule has 0 radical (unpaired) electrons. The Balaban J connectivity index is 1.41. The van der Waals surface area contributed by atoms with E-state index in [1.54, 1.807) is 18.2 Å². The molecule has 0 fully saturated rings. The summed E-state index contributed by atoms with van der Waals surface area (Å²) < 4.78 is 44.4. The van der Waals surface area contributed by atoms with Crippen molar-refractivity contribution in [3.05, 3.63) is 100 Å². The Morgan fingerprint density at radius 1 is 0.771 bits per heavy atom. The van der Waals surface area contributed by atoms with E-state index >= 15 is 0 Å². The molecule has 0 bridgehead atoms. The number of halogens is 3. The van der Waals surface area contributed by atoms with E-state index in [2.05, 4.69) is 19.9 Å². The first kappa shape index (κ1) is 25.3. The van der Waals surface area contributed by atoms with Gasteiger partial charge in [-0.05, 0) is 84.8 Å². The molecule has 35 heavy (non-hydrogen) atoms. The maximum absolute atomic E-state index is 14.9. The van der Waals surface area contributed by atoms with Crippen LogP contribution in [0.2, 0.25) is 0 Å². The van der Waals surface area contributed by atoms with Crippen LogP contribution in [-0.2, 0) is 19.3 Å². The van der Waals surface area contributed by atoms with Crippen LogP contribution in [0.3, 0.4) is 0 Å². The highest BCUT2D eigenvalue weighted by molar-refractivity contribution is 5.67. The molecule has 4 rings (SSSR count). The van der Waals surface area contributed by atoms with Gasteiger partial charge in [0.1, 0.15) is 5.82 Å². The minimum absolute atomic E-state index is 0.206. The molecule has 1 atom stereocenters. The van der Waals surface area contributed by atoms with Crippen molar-refractivity contribution in [2.45, 2.75) is 71.6 Å². The van der Waals surface area contributed by atoms with Gasteiger partial charge >= 0.3 is 0 Å². The Morgan fingerprint density at radius 3 is 2.17 bits per heavy atom. The van der Waals surface area contributed by atoms with Gasteiger partial charge in [-0.25, -0.2) is 13.2 Å². The van der Waals surface area contributed by atoms with Gasteiger partial charge in [0.05, 0.1) is 0 Å². The molecule has 1 aliphatic carbocycles. The summed E-state index contributed by atoms with van der Waals surface area (Å²) in [5, 5.41) is 0. The summed E-state index contributed by atoms with van der Waals surface area (Å²) in [6.07, 6.45) is 10.0. The maximum Gasteiger partial charge on any atom is 0.166 e. The van der Waals surface area contributed by atoms with Crippen LogP contribution in [0.15, 0.2) is 60.7 Å². The summed E-state index contributed by atoms with van der Waals surface area (Å²) in [5.74, 6) is -1.01. The molecule has 0 nitrogen and oxygen atoms in total. The molecule has 0 aromatic heterocycles. The SMILES string of the molecule is CCCCc1ccc(-c2ccc(CCc3ccc(C4=CCC(CC)CC4)c(F)c3F)cc2)c(F)c1. The average Bonchev–Trinajstić information content (AvgIpc) is 2.89. The molecule has 1 aliphatic rings. The minimum atomic E-state index is -0.733. The monoisotopic (exact) mass is 476 g/mol. The van der Waals surface area contributed by atoms with Crippen LogP contribution in [0.25, 0.3) is 16.7 Å². The average molecular weight is 477 g/mol. The lowest BCUT2D eigenvalue weighted by molar-refractivity contribution is 0.466. The lowest BCUT2D eigenvalue weighted by atomic mass is 9.85.